The predicted molar refractivity (Wildman–Crippen MR) is 81.3 cm³/mol. The van der Waals surface area contributed by atoms with Crippen LogP contribution < -0.4 is 10.6 Å². The molecule has 0 aliphatic heterocycles. The molecule has 0 heterocycles. The van der Waals surface area contributed by atoms with Crippen LogP contribution >= 0.6 is 0 Å². The number of nitrogens with zero attached hydrogens (tertiary/aromatic N) is 1. The average molecular weight is 271 g/mol. The Bertz CT molecular complexity index is 557. The Morgan fingerprint density at radius 3 is 2.25 bits per heavy atom. The zero-order valence-corrected chi connectivity index (χ0v) is 12.7. The van der Waals surface area contributed by atoms with E-state index in [9.17, 15) is 4.79 Å². The Labute approximate surface area is 120 Å². The predicted octanol–water partition coefficient (Wildman–Crippen LogP) is 2.96. The molecule has 1 amide bonds. The summed E-state index contributed by atoms with van der Waals surface area (Å²) in [5, 5.41) is 14.8. The number of nitriles is 1. The first-order chi connectivity index (χ1) is 9.35. The van der Waals surface area contributed by atoms with Gasteiger partial charge in [0.25, 0.3) is 5.91 Å². The van der Waals surface area contributed by atoms with Crippen molar-refractivity contribution >= 4 is 11.6 Å². The van der Waals surface area contributed by atoms with Crippen LogP contribution in [0.1, 0.15) is 30.5 Å². The van der Waals surface area contributed by atoms with Gasteiger partial charge in [-0.2, -0.15) is 5.26 Å². The van der Waals surface area contributed by atoms with Gasteiger partial charge in [-0.25, -0.2) is 0 Å². The molecule has 0 radical (unpaired) electrons. The standard InChI is InChI=1S/C16H21N3O/c1-10(2)18-9-14(8-17)16(20)19-15-12(4)6-11(3)7-13(15)5/h6-7,9-10,18H,1-5H3,(H,19,20)/b14-9-. The normalized spacial score (nSPS) is 11.2. The Balaban J connectivity index is 2.96. The third-order valence-electron chi connectivity index (χ3n) is 2.84. The molecule has 0 fully saturated rings. The van der Waals surface area contributed by atoms with Crippen molar-refractivity contribution in [2.75, 3.05) is 5.32 Å². The second kappa shape index (κ2) is 6.76. The number of anilines is 1. The molecule has 20 heavy (non-hydrogen) atoms. The third-order valence-corrected chi connectivity index (χ3v) is 2.84. The molecule has 0 aliphatic carbocycles. The minimum absolute atomic E-state index is 0.0677. The Morgan fingerprint density at radius 2 is 1.80 bits per heavy atom. The molecule has 0 spiro atoms. The summed E-state index contributed by atoms with van der Waals surface area (Å²) in [5.41, 5.74) is 3.97. The molecule has 1 aromatic carbocycles. The summed E-state index contributed by atoms with van der Waals surface area (Å²) in [6.07, 6.45) is 1.46. The number of benzene rings is 1. The fraction of sp³-hybridized carbons (Fsp3) is 0.375. The van der Waals surface area contributed by atoms with E-state index >= 15 is 0 Å². The van der Waals surface area contributed by atoms with Crippen LogP contribution in [0.15, 0.2) is 23.9 Å². The lowest BCUT2D eigenvalue weighted by molar-refractivity contribution is -0.112. The van der Waals surface area contributed by atoms with Crippen molar-refractivity contribution in [3.05, 3.63) is 40.6 Å². The lowest BCUT2D eigenvalue weighted by Crippen LogP contribution is -2.21. The van der Waals surface area contributed by atoms with Crippen molar-refractivity contribution in [1.82, 2.24) is 5.32 Å². The summed E-state index contributed by atoms with van der Waals surface area (Å²) in [7, 11) is 0. The van der Waals surface area contributed by atoms with Crippen LogP contribution in [-0.2, 0) is 4.79 Å². The SMILES string of the molecule is Cc1cc(C)c(NC(=O)/C(C#N)=C\NC(C)C)c(C)c1. The van der Waals surface area contributed by atoms with E-state index in [1.54, 1.807) is 0 Å². The van der Waals surface area contributed by atoms with E-state index in [0.717, 1.165) is 22.4 Å². The van der Waals surface area contributed by atoms with Gasteiger partial charge < -0.3 is 10.6 Å². The largest absolute Gasteiger partial charge is 0.387 e. The smallest absolute Gasteiger partial charge is 0.267 e. The van der Waals surface area contributed by atoms with Crippen LogP contribution in [0.2, 0.25) is 0 Å². The molecule has 106 valence electrons. The molecule has 0 unspecified atom stereocenters. The topological polar surface area (TPSA) is 64.9 Å². The molecule has 0 saturated carbocycles. The molecule has 4 heteroatoms. The van der Waals surface area contributed by atoms with Crippen LogP contribution in [0.4, 0.5) is 5.69 Å². The number of amides is 1. The van der Waals surface area contributed by atoms with E-state index < -0.39 is 5.91 Å². The van der Waals surface area contributed by atoms with Gasteiger partial charge in [0.2, 0.25) is 0 Å². The first kappa shape index (κ1) is 15.8. The zero-order valence-electron chi connectivity index (χ0n) is 12.7. The molecule has 0 aliphatic rings. The number of carbonyl (C=O) groups is 1. The van der Waals surface area contributed by atoms with Crippen molar-refractivity contribution in [3.63, 3.8) is 0 Å². The maximum absolute atomic E-state index is 12.1. The number of hydrogen-bond donors (Lipinski definition) is 2. The van der Waals surface area contributed by atoms with Crippen molar-refractivity contribution in [2.45, 2.75) is 40.7 Å². The van der Waals surface area contributed by atoms with Gasteiger partial charge in [0.15, 0.2) is 0 Å². The van der Waals surface area contributed by atoms with E-state index in [1.807, 2.05) is 52.8 Å². The van der Waals surface area contributed by atoms with E-state index in [-0.39, 0.29) is 11.6 Å². The third kappa shape index (κ3) is 4.13. The van der Waals surface area contributed by atoms with Crippen LogP contribution in [0.5, 0.6) is 0 Å². The van der Waals surface area contributed by atoms with E-state index in [4.69, 9.17) is 5.26 Å². The molecular formula is C16H21N3O. The van der Waals surface area contributed by atoms with Gasteiger partial charge in [0, 0.05) is 17.9 Å². The fourth-order valence-corrected chi connectivity index (χ4v) is 1.96. The summed E-state index contributed by atoms with van der Waals surface area (Å²) in [5.74, 6) is -0.393. The van der Waals surface area contributed by atoms with Gasteiger partial charge >= 0.3 is 0 Å². The minimum Gasteiger partial charge on any atom is -0.387 e. The number of hydrogen-bond acceptors (Lipinski definition) is 3. The number of carbonyl (C=O) groups excluding carboxylic acids is 1. The van der Waals surface area contributed by atoms with E-state index in [0.29, 0.717) is 0 Å². The van der Waals surface area contributed by atoms with Crippen LogP contribution in [-0.4, -0.2) is 11.9 Å². The Hall–Kier alpha value is -2.28. The molecule has 1 rings (SSSR count). The van der Waals surface area contributed by atoms with E-state index in [2.05, 4.69) is 10.6 Å². The highest BCUT2D eigenvalue weighted by Crippen LogP contribution is 2.22. The van der Waals surface area contributed by atoms with Gasteiger partial charge in [-0.15, -0.1) is 0 Å². The van der Waals surface area contributed by atoms with Crippen molar-refractivity contribution in [1.29, 1.82) is 5.26 Å². The summed E-state index contributed by atoms with van der Waals surface area (Å²) >= 11 is 0. The van der Waals surface area contributed by atoms with Crippen molar-refractivity contribution in [3.8, 4) is 6.07 Å². The second-order valence-corrected chi connectivity index (χ2v) is 5.22. The van der Waals surface area contributed by atoms with Gasteiger partial charge in [-0.05, 0) is 45.7 Å². The highest BCUT2D eigenvalue weighted by atomic mass is 16.1. The van der Waals surface area contributed by atoms with Gasteiger partial charge in [0.05, 0.1) is 0 Å². The lowest BCUT2D eigenvalue weighted by Gasteiger charge is -2.12. The van der Waals surface area contributed by atoms with Crippen LogP contribution in [0.25, 0.3) is 0 Å². The van der Waals surface area contributed by atoms with Crippen LogP contribution in [0.3, 0.4) is 0 Å². The minimum atomic E-state index is -0.393. The monoisotopic (exact) mass is 271 g/mol. The molecule has 0 saturated heterocycles. The van der Waals surface area contributed by atoms with Gasteiger partial charge in [-0.3, -0.25) is 4.79 Å². The zero-order chi connectivity index (χ0) is 15.3. The van der Waals surface area contributed by atoms with Crippen molar-refractivity contribution < 1.29 is 4.79 Å². The molecule has 0 aromatic heterocycles. The highest BCUT2D eigenvalue weighted by molar-refractivity contribution is 6.07. The van der Waals surface area contributed by atoms with Crippen LogP contribution in [0, 0.1) is 32.1 Å². The van der Waals surface area contributed by atoms with Gasteiger partial charge in [-0.1, -0.05) is 17.7 Å². The maximum atomic E-state index is 12.1. The number of rotatable bonds is 4. The molecule has 2 N–H and O–H groups in total. The second-order valence-electron chi connectivity index (χ2n) is 5.22. The van der Waals surface area contributed by atoms with E-state index in [1.165, 1.54) is 6.20 Å². The lowest BCUT2D eigenvalue weighted by atomic mass is 10.0. The first-order valence-electron chi connectivity index (χ1n) is 6.60. The summed E-state index contributed by atoms with van der Waals surface area (Å²) in [4.78, 5) is 12.1. The fourth-order valence-electron chi connectivity index (χ4n) is 1.96. The maximum Gasteiger partial charge on any atom is 0.267 e. The summed E-state index contributed by atoms with van der Waals surface area (Å²) in [6.45, 7) is 9.78. The van der Waals surface area contributed by atoms with Crippen molar-refractivity contribution in [2.24, 2.45) is 0 Å². The number of nitrogens with one attached hydrogen (secondary N) is 2. The molecular weight excluding hydrogens is 250 g/mol. The summed E-state index contributed by atoms with van der Waals surface area (Å²) < 4.78 is 0. The Morgan fingerprint density at radius 1 is 1.25 bits per heavy atom. The highest BCUT2D eigenvalue weighted by Gasteiger charge is 2.12. The Kier molecular flexibility index (Phi) is 5.33. The molecule has 1 aromatic rings. The molecule has 4 nitrogen and oxygen atoms in total. The quantitative estimate of drug-likeness (QED) is 0.653. The molecule has 0 bridgehead atoms. The first-order valence-corrected chi connectivity index (χ1v) is 6.60. The number of aryl methyl sites for hydroxylation is 3. The summed E-state index contributed by atoms with van der Waals surface area (Å²) in [6, 6.07) is 6.10. The molecule has 0 atom stereocenters. The van der Waals surface area contributed by atoms with Gasteiger partial charge in [0.1, 0.15) is 11.6 Å². The average Bonchev–Trinajstić information content (AvgIpc) is 2.34.